The topological polar surface area (TPSA) is 149 Å². The minimum atomic E-state index is -0.652. The fourth-order valence-electron chi connectivity index (χ4n) is 4.87. The minimum Gasteiger partial charge on any atom is -0.454 e. The quantitative estimate of drug-likeness (QED) is 0.0577. The number of nitrogens with zero attached hydrogens (tertiary/aromatic N) is 1. The molecule has 1 atom stereocenters. The molecule has 5 aromatic carbocycles. The molecule has 1 aliphatic rings. The Labute approximate surface area is 285 Å². The van der Waals surface area contributed by atoms with E-state index in [2.05, 4.69) is 16.0 Å². The molecule has 0 bridgehead atoms. The molecule has 0 radical (unpaired) electrons. The monoisotopic (exact) mass is 672 g/mol. The van der Waals surface area contributed by atoms with Crippen LogP contribution in [0.1, 0.15) is 26.7 Å². The zero-order chi connectivity index (χ0) is 34.2. The van der Waals surface area contributed by atoms with Crippen molar-refractivity contribution >= 4 is 52.6 Å². The van der Waals surface area contributed by atoms with Crippen LogP contribution in [0.2, 0.25) is 0 Å². The number of anilines is 2. The number of carbonyl (C=O) groups excluding carboxylic acids is 3. The molecule has 5 aromatic rings. The lowest BCUT2D eigenvalue weighted by atomic mass is 10.1. The molecular formula is C37H28N4O7S. The molecule has 0 spiro atoms. The van der Waals surface area contributed by atoms with Gasteiger partial charge in [-0.3, -0.25) is 24.5 Å². The molecule has 0 aromatic heterocycles. The number of hydrogen-bond donors (Lipinski definition) is 3. The van der Waals surface area contributed by atoms with E-state index in [1.807, 2.05) is 36.4 Å². The third-order valence-corrected chi connectivity index (χ3v) is 8.52. The molecule has 49 heavy (non-hydrogen) atoms. The second-order valence-electron chi connectivity index (χ2n) is 10.7. The van der Waals surface area contributed by atoms with Gasteiger partial charge in [-0.25, -0.2) is 0 Å². The van der Waals surface area contributed by atoms with Crippen molar-refractivity contribution in [2.75, 3.05) is 17.4 Å². The summed E-state index contributed by atoms with van der Waals surface area (Å²) in [5, 5.41) is 18.9. The van der Waals surface area contributed by atoms with Crippen LogP contribution in [0.4, 0.5) is 17.1 Å². The van der Waals surface area contributed by atoms with Gasteiger partial charge in [-0.15, -0.1) is 11.8 Å². The van der Waals surface area contributed by atoms with Crippen molar-refractivity contribution in [3.63, 3.8) is 0 Å². The molecule has 12 heteroatoms. The summed E-state index contributed by atoms with van der Waals surface area (Å²) in [4.78, 5) is 51.6. The van der Waals surface area contributed by atoms with Crippen LogP contribution in [0.15, 0.2) is 138 Å². The minimum absolute atomic E-state index is 0.0778. The van der Waals surface area contributed by atoms with Gasteiger partial charge in [0.1, 0.15) is 10.9 Å². The number of thioether (sulfide) groups is 1. The molecule has 1 aliphatic heterocycles. The molecular weight excluding hydrogens is 644 g/mol. The van der Waals surface area contributed by atoms with Crippen LogP contribution in [-0.2, 0) is 9.59 Å². The van der Waals surface area contributed by atoms with E-state index in [0.717, 1.165) is 5.56 Å². The average molecular weight is 673 g/mol. The molecule has 0 fully saturated rings. The number of fused-ring (bicyclic) bond motifs is 1. The Morgan fingerprint density at radius 1 is 0.755 bits per heavy atom. The van der Waals surface area contributed by atoms with Gasteiger partial charge in [0, 0.05) is 40.0 Å². The van der Waals surface area contributed by atoms with Crippen LogP contribution in [0, 0.1) is 10.1 Å². The van der Waals surface area contributed by atoms with Gasteiger partial charge < -0.3 is 25.4 Å². The van der Waals surface area contributed by atoms with Crippen molar-refractivity contribution in [1.82, 2.24) is 5.32 Å². The number of carbonyl (C=O) groups is 3. The Bertz CT molecular complexity index is 2040. The van der Waals surface area contributed by atoms with E-state index < -0.39 is 22.0 Å². The third-order valence-electron chi connectivity index (χ3n) is 7.27. The van der Waals surface area contributed by atoms with Crippen molar-refractivity contribution in [3.8, 4) is 11.5 Å². The van der Waals surface area contributed by atoms with Crippen molar-refractivity contribution in [3.05, 3.63) is 160 Å². The highest BCUT2D eigenvalue weighted by Crippen LogP contribution is 2.39. The SMILES string of the molecule is O=C(Nc1cccc(SC(C(=O)Nc2ccc3c(c2)OCO3)c2ccccc2)c1)/C(=C\c1ccc([N+](=O)[O-])cc1)NC(=O)c1ccccc1. The molecule has 1 heterocycles. The van der Waals surface area contributed by atoms with E-state index in [4.69, 9.17) is 9.47 Å². The Balaban J connectivity index is 1.22. The standard InChI is InChI=1S/C37H28N4O7S/c42-35(26-10-5-2-6-11-26)40-31(20-24-14-17-29(18-15-24)41(45)46)36(43)38-27-12-7-13-30(21-27)49-34(25-8-3-1-4-9-25)37(44)39-28-16-19-32-33(22-28)48-23-47-32/h1-22,34H,23H2,(H,38,43)(H,39,44)(H,40,42)/b31-20+. The number of nitrogens with one attached hydrogen (secondary N) is 3. The highest BCUT2D eigenvalue weighted by molar-refractivity contribution is 8.00. The number of nitro benzene ring substituents is 1. The van der Waals surface area contributed by atoms with Crippen LogP contribution in [0.3, 0.4) is 0 Å². The maximum Gasteiger partial charge on any atom is 0.272 e. The average Bonchev–Trinajstić information content (AvgIpc) is 3.59. The second-order valence-corrected chi connectivity index (χ2v) is 11.9. The first-order valence-corrected chi connectivity index (χ1v) is 15.9. The molecule has 6 rings (SSSR count). The van der Waals surface area contributed by atoms with Gasteiger partial charge in [0.25, 0.3) is 17.5 Å². The number of rotatable bonds is 11. The smallest absolute Gasteiger partial charge is 0.272 e. The summed E-state index contributed by atoms with van der Waals surface area (Å²) in [5.41, 5.74) is 2.37. The lowest BCUT2D eigenvalue weighted by Crippen LogP contribution is -2.30. The number of amides is 3. The normalized spacial score (nSPS) is 12.4. The predicted molar refractivity (Wildman–Crippen MR) is 186 cm³/mol. The third kappa shape index (κ3) is 8.31. The van der Waals surface area contributed by atoms with E-state index >= 15 is 0 Å². The first-order valence-electron chi connectivity index (χ1n) is 15.0. The number of benzene rings is 5. The van der Waals surface area contributed by atoms with E-state index in [-0.39, 0.29) is 24.1 Å². The van der Waals surface area contributed by atoms with Gasteiger partial charge in [-0.2, -0.15) is 0 Å². The predicted octanol–water partition coefficient (Wildman–Crippen LogP) is 7.21. The van der Waals surface area contributed by atoms with Crippen molar-refractivity contribution in [2.24, 2.45) is 0 Å². The van der Waals surface area contributed by atoms with Gasteiger partial charge in [-0.1, -0.05) is 54.6 Å². The molecule has 0 saturated carbocycles. The maximum atomic E-state index is 13.7. The van der Waals surface area contributed by atoms with Crippen LogP contribution in [0.25, 0.3) is 6.08 Å². The van der Waals surface area contributed by atoms with Crippen molar-refractivity contribution in [1.29, 1.82) is 0 Å². The van der Waals surface area contributed by atoms with Gasteiger partial charge >= 0.3 is 0 Å². The molecule has 244 valence electrons. The maximum absolute atomic E-state index is 13.7. The summed E-state index contributed by atoms with van der Waals surface area (Å²) in [7, 11) is 0. The molecule has 1 unspecified atom stereocenters. The summed E-state index contributed by atoms with van der Waals surface area (Å²) in [6.45, 7) is 0.121. The fraction of sp³-hybridized carbons (Fsp3) is 0.0541. The number of hydrogen-bond acceptors (Lipinski definition) is 8. The van der Waals surface area contributed by atoms with Crippen LogP contribution in [-0.4, -0.2) is 29.4 Å². The number of ether oxygens (including phenoxy) is 2. The first-order chi connectivity index (χ1) is 23.8. The van der Waals surface area contributed by atoms with E-state index in [9.17, 15) is 24.5 Å². The highest BCUT2D eigenvalue weighted by atomic mass is 32.2. The summed E-state index contributed by atoms with van der Waals surface area (Å²) in [6.07, 6.45) is 1.43. The van der Waals surface area contributed by atoms with Crippen molar-refractivity contribution < 1.29 is 28.8 Å². The zero-order valence-corrected chi connectivity index (χ0v) is 26.5. The Kier molecular flexibility index (Phi) is 9.96. The van der Waals surface area contributed by atoms with Gasteiger partial charge in [0.15, 0.2) is 11.5 Å². The Hall–Kier alpha value is -6.40. The van der Waals surface area contributed by atoms with Crippen LogP contribution < -0.4 is 25.4 Å². The van der Waals surface area contributed by atoms with Crippen molar-refractivity contribution in [2.45, 2.75) is 10.1 Å². The fourth-order valence-corrected chi connectivity index (χ4v) is 5.95. The van der Waals surface area contributed by atoms with Crippen LogP contribution in [0.5, 0.6) is 11.5 Å². The largest absolute Gasteiger partial charge is 0.454 e. The summed E-state index contributed by atoms with van der Waals surface area (Å²) in [6, 6.07) is 35.5. The first kappa shape index (κ1) is 32.5. The highest BCUT2D eigenvalue weighted by Gasteiger charge is 2.24. The molecule has 3 amide bonds. The summed E-state index contributed by atoms with van der Waals surface area (Å²) >= 11 is 1.30. The van der Waals surface area contributed by atoms with E-state index in [1.54, 1.807) is 66.7 Å². The lowest BCUT2D eigenvalue weighted by Gasteiger charge is -2.18. The molecule has 11 nitrogen and oxygen atoms in total. The lowest BCUT2D eigenvalue weighted by molar-refractivity contribution is -0.384. The molecule has 0 saturated heterocycles. The Morgan fingerprint density at radius 2 is 1.45 bits per heavy atom. The van der Waals surface area contributed by atoms with E-state index in [0.29, 0.717) is 38.9 Å². The number of non-ortho nitro benzene ring substituents is 1. The number of nitro groups is 1. The Morgan fingerprint density at radius 3 is 2.18 bits per heavy atom. The molecule has 3 N–H and O–H groups in total. The van der Waals surface area contributed by atoms with Gasteiger partial charge in [0.2, 0.25) is 12.7 Å². The van der Waals surface area contributed by atoms with E-state index in [1.165, 1.54) is 42.1 Å². The van der Waals surface area contributed by atoms with Gasteiger partial charge in [0.05, 0.1) is 4.92 Å². The summed E-state index contributed by atoms with van der Waals surface area (Å²) in [5.74, 6) is -0.234. The van der Waals surface area contributed by atoms with Gasteiger partial charge in [-0.05, 0) is 71.8 Å². The molecule has 0 aliphatic carbocycles. The van der Waals surface area contributed by atoms with Crippen LogP contribution >= 0.6 is 11.8 Å². The zero-order valence-electron chi connectivity index (χ0n) is 25.7. The summed E-state index contributed by atoms with van der Waals surface area (Å²) < 4.78 is 10.8. The second kappa shape index (κ2) is 15.0.